The van der Waals surface area contributed by atoms with Crippen molar-refractivity contribution in [1.29, 1.82) is 0 Å². The average Bonchev–Trinajstić information content (AvgIpc) is 3.16. The number of hydrazone groups is 1. The van der Waals surface area contributed by atoms with Crippen molar-refractivity contribution < 1.29 is 4.79 Å². The van der Waals surface area contributed by atoms with Crippen LogP contribution in [0, 0.1) is 6.92 Å². The minimum Gasteiger partial charge on any atom is -0.378 e. The summed E-state index contributed by atoms with van der Waals surface area (Å²) in [6.45, 7) is 8.67. The summed E-state index contributed by atoms with van der Waals surface area (Å²) in [5.41, 5.74) is 5.37. The molecular formula is C23H24Cl2N6OS. The number of carbonyl (C=O) groups is 1. The molecule has 0 radical (unpaired) electrons. The molecule has 2 N–H and O–H groups in total. The number of thioether (sulfide) groups is 1. The molecule has 2 aromatic carbocycles. The minimum atomic E-state index is -0.450. The summed E-state index contributed by atoms with van der Waals surface area (Å²) in [6, 6.07) is 13.2. The van der Waals surface area contributed by atoms with Gasteiger partial charge in [-0.3, -0.25) is 4.79 Å². The van der Waals surface area contributed by atoms with Gasteiger partial charge in [-0.1, -0.05) is 64.8 Å². The number of hydrogen-bond donors (Lipinski definition) is 2. The lowest BCUT2D eigenvalue weighted by molar-refractivity contribution is -0.120. The number of benzene rings is 2. The summed E-state index contributed by atoms with van der Waals surface area (Å²) < 4.78 is 1.93. The van der Waals surface area contributed by atoms with Crippen molar-refractivity contribution in [3.05, 3.63) is 82.1 Å². The third-order valence-corrected chi connectivity index (χ3v) is 6.24. The highest BCUT2D eigenvalue weighted by molar-refractivity contribution is 8.00. The van der Waals surface area contributed by atoms with E-state index >= 15 is 0 Å². The topological polar surface area (TPSA) is 84.2 Å². The molecule has 0 fully saturated rings. The molecule has 33 heavy (non-hydrogen) atoms. The van der Waals surface area contributed by atoms with E-state index in [1.165, 1.54) is 23.5 Å². The van der Waals surface area contributed by atoms with Crippen molar-refractivity contribution in [2.75, 3.05) is 5.32 Å². The molecule has 7 nitrogen and oxygen atoms in total. The Bertz CT molecular complexity index is 1150. The lowest BCUT2D eigenvalue weighted by Gasteiger charge is -2.12. The van der Waals surface area contributed by atoms with E-state index in [9.17, 15) is 4.79 Å². The quantitative estimate of drug-likeness (QED) is 0.169. The van der Waals surface area contributed by atoms with Crippen molar-refractivity contribution in [3.63, 3.8) is 0 Å². The highest BCUT2D eigenvalue weighted by atomic mass is 35.5. The number of halogens is 2. The normalized spacial score (nSPS) is 12.0. The van der Waals surface area contributed by atoms with Crippen molar-refractivity contribution >= 4 is 52.8 Å². The maximum absolute atomic E-state index is 12.5. The monoisotopic (exact) mass is 502 g/mol. The van der Waals surface area contributed by atoms with E-state index in [2.05, 4.69) is 32.6 Å². The number of anilines is 1. The van der Waals surface area contributed by atoms with E-state index in [0.717, 1.165) is 11.5 Å². The van der Waals surface area contributed by atoms with Crippen LogP contribution < -0.4 is 10.7 Å². The highest BCUT2D eigenvalue weighted by Crippen LogP contribution is 2.23. The number of amides is 1. The maximum Gasteiger partial charge on any atom is 0.253 e. The Balaban J connectivity index is 1.61. The number of carbonyl (C=O) groups excluding carboxylic acids is 1. The number of aromatic nitrogens is 3. The molecule has 172 valence electrons. The summed E-state index contributed by atoms with van der Waals surface area (Å²) in [4.78, 5) is 12.5. The van der Waals surface area contributed by atoms with Crippen LogP contribution in [0.5, 0.6) is 0 Å². The number of allylic oxidation sites excluding steroid dienone is 1. The first-order valence-corrected chi connectivity index (χ1v) is 11.8. The van der Waals surface area contributed by atoms with E-state index < -0.39 is 5.25 Å². The zero-order chi connectivity index (χ0) is 23.8. The molecular weight excluding hydrogens is 479 g/mol. The van der Waals surface area contributed by atoms with Gasteiger partial charge in [0.15, 0.2) is 11.0 Å². The Labute approximate surface area is 207 Å². The molecule has 0 aliphatic heterocycles. The van der Waals surface area contributed by atoms with Crippen LogP contribution in [0.3, 0.4) is 0 Å². The van der Waals surface area contributed by atoms with E-state index in [4.69, 9.17) is 23.2 Å². The highest BCUT2D eigenvalue weighted by Gasteiger charge is 2.19. The second-order valence-electron chi connectivity index (χ2n) is 7.18. The lowest BCUT2D eigenvalue weighted by Crippen LogP contribution is -2.27. The fraction of sp³-hybridized carbons (Fsp3) is 0.217. The van der Waals surface area contributed by atoms with Crippen molar-refractivity contribution in [2.24, 2.45) is 5.10 Å². The lowest BCUT2D eigenvalue weighted by atomic mass is 10.2. The van der Waals surface area contributed by atoms with Crippen molar-refractivity contribution in [2.45, 2.75) is 37.3 Å². The van der Waals surface area contributed by atoms with Crippen molar-refractivity contribution in [3.8, 4) is 0 Å². The van der Waals surface area contributed by atoms with Crippen LogP contribution >= 0.6 is 35.0 Å². The molecule has 0 saturated carbocycles. The van der Waals surface area contributed by atoms with Crippen LogP contribution in [0.25, 0.3) is 0 Å². The predicted molar refractivity (Wildman–Crippen MR) is 136 cm³/mol. The van der Waals surface area contributed by atoms with Crippen LogP contribution in [0.4, 0.5) is 5.69 Å². The Morgan fingerprint density at radius 3 is 2.70 bits per heavy atom. The molecule has 3 aromatic rings. The van der Waals surface area contributed by atoms with Gasteiger partial charge in [-0.25, -0.2) is 5.43 Å². The molecule has 1 amide bonds. The maximum atomic E-state index is 12.5. The van der Waals surface area contributed by atoms with Crippen LogP contribution in [0.2, 0.25) is 10.0 Å². The molecule has 0 aliphatic carbocycles. The molecule has 0 spiro atoms. The van der Waals surface area contributed by atoms with Crippen LogP contribution in [0.1, 0.15) is 23.9 Å². The molecule has 3 rings (SSSR count). The standard InChI is InChI=1S/C23H24Cl2N6OS/c1-4-11-31-21(14-26-19-9-5-15(2)6-10-19)28-30-23(31)33-16(3)22(32)29-27-13-17-7-8-18(24)12-20(17)25/h4-10,12-13,16,26H,1,11,14H2,2-3H3,(H,29,32)/t16-/m0/s1. The third-order valence-electron chi connectivity index (χ3n) is 4.60. The number of nitrogens with one attached hydrogen (secondary N) is 2. The van der Waals surface area contributed by atoms with Gasteiger partial charge in [-0.2, -0.15) is 5.10 Å². The molecule has 0 aliphatic rings. The van der Waals surface area contributed by atoms with Crippen LogP contribution in [-0.4, -0.2) is 32.1 Å². The van der Waals surface area contributed by atoms with E-state index in [-0.39, 0.29) is 5.91 Å². The molecule has 0 bridgehead atoms. The van der Waals surface area contributed by atoms with Gasteiger partial charge >= 0.3 is 0 Å². The molecule has 1 aromatic heterocycles. The van der Waals surface area contributed by atoms with Gasteiger partial charge in [-0.15, -0.1) is 16.8 Å². The fourth-order valence-corrected chi connectivity index (χ4v) is 4.10. The van der Waals surface area contributed by atoms with Gasteiger partial charge in [0.05, 0.1) is 23.0 Å². The van der Waals surface area contributed by atoms with Gasteiger partial charge in [0.2, 0.25) is 0 Å². The number of nitrogens with zero attached hydrogens (tertiary/aromatic N) is 4. The molecule has 1 atom stereocenters. The molecule has 0 unspecified atom stereocenters. The second kappa shape index (κ2) is 11.9. The number of aryl methyl sites for hydroxylation is 1. The van der Waals surface area contributed by atoms with Gasteiger partial charge in [0.25, 0.3) is 5.91 Å². The van der Waals surface area contributed by atoms with Gasteiger partial charge < -0.3 is 9.88 Å². The molecule has 1 heterocycles. The Morgan fingerprint density at radius 2 is 2.00 bits per heavy atom. The number of rotatable bonds is 10. The first kappa shape index (κ1) is 24.8. The minimum absolute atomic E-state index is 0.270. The zero-order valence-corrected chi connectivity index (χ0v) is 20.6. The predicted octanol–water partition coefficient (Wildman–Crippen LogP) is 5.32. The van der Waals surface area contributed by atoms with Gasteiger partial charge in [-0.05, 0) is 38.1 Å². The second-order valence-corrected chi connectivity index (χ2v) is 9.33. The van der Waals surface area contributed by atoms with Gasteiger partial charge in [0.1, 0.15) is 0 Å². The Kier molecular flexibility index (Phi) is 8.94. The fourth-order valence-electron chi connectivity index (χ4n) is 2.78. The Morgan fingerprint density at radius 1 is 1.24 bits per heavy atom. The smallest absolute Gasteiger partial charge is 0.253 e. The summed E-state index contributed by atoms with van der Waals surface area (Å²) in [6.07, 6.45) is 3.25. The largest absolute Gasteiger partial charge is 0.378 e. The number of hydrogen-bond acceptors (Lipinski definition) is 6. The van der Waals surface area contributed by atoms with Crippen molar-refractivity contribution in [1.82, 2.24) is 20.2 Å². The first-order chi connectivity index (χ1) is 15.9. The van der Waals surface area contributed by atoms with E-state index in [1.54, 1.807) is 31.2 Å². The summed E-state index contributed by atoms with van der Waals surface area (Å²) in [5.74, 6) is 0.481. The molecule has 10 heteroatoms. The van der Waals surface area contributed by atoms with Crippen LogP contribution in [0.15, 0.2) is 65.4 Å². The van der Waals surface area contributed by atoms with Crippen LogP contribution in [-0.2, 0) is 17.9 Å². The SMILES string of the molecule is C=CCn1c(CNc2ccc(C)cc2)nnc1S[C@@H](C)C(=O)NN=Cc1ccc(Cl)cc1Cl. The first-order valence-electron chi connectivity index (χ1n) is 10.2. The zero-order valence-electron chi connectivity index (χ0n) is 18.3. The van der Waals surface area contributed by atoms with E-state index in [0.29, 0.717) is 33.9 Å². The summed E-state index contributed by atoms with van der Waals surface area (Å²) >= 11 is 13.3. The summed E-state index contributed by atoms with van der Waals surface area (Å²) in [7, 11) is 0. The Hall–Kier alpha value is -2.81. The average molecular weight is 503 g/mol. The molecule has 0 saturated heterocycles. The summed E-state index contributed by atoms with van der Waals surface area (Å²) in [5, 5.41) is 17.1. The third kappa shape index (κ3) is 7.08. The van der Waals surface area contributed by atoms with E-state index in [1.807, 2.05) is 35.8 Å². The van der Waals surface area contributed by atoms with Gasteiger partial charge in [0, 0.05) is 22.8 Å².